The van der Waals surface area contributed by atoms with Gasteiger partial charge in [-0.05, 0) is 42.5 Å². The van der Waals surface area contributed by atoms with Gasteiger partial charge in [0.1, 0.15) is 17.4 Å². The van der Waals surface area contributed by atoms with Crippen LogP contribution >= 0.6 is 23.4 Å². The summed E-state index contributed by atoms with van der Waals surface area (Å²) in [6.45, 7) is 0.399. The number of rotatable bonds is 5. The average molecular weight is 343 g/mol. The van der Waals surface area contributed by atoms with Gasteiger partial charge in [-0.1, -0.05) is 23.4 Å². The fraction of sp³-hybridized carbons (Fsp3) is 0.133. The van der Waals surface area contributed by atoms with Crippen LogP contribution in [0.1, 0.15) is 0 Å². The van der Waals surface area contributed by atoms with Crippen LogP contribution in [0.15, 0.2) is 47.5 Å². The largest absolute Gasteiger partial charge is 0.493 e. The Morgan fingerprint density at radius 3 is 2.59 bits per heavy atom. The van der Waals surface area contributed by atoms with Crippen molar-refractivity contribution in [3.63, 3.8) is 0 Å². The zero-order valence-corrected chi connectivity index (χ0v) is 13.0. The number of aliphatic imine (C=N–C) groups is 1. The third kappa shape index (κ3) is 5.20. The molecule has 116 valence electrons. The molecule has 0 aliphatic carbocycles. The predicted molar refractivity (Wildman–Crippen MR) is 87.0 cm³/mol. The molecule has 0 unspecified atom stereocenters. The molecule has 0 saturated heterocycles. The first-order valence-electron chi connectivity index (χ1n) is 6.35. The number of nitrogens with two attached hydrogens (primary N) is 1. The van der Waals surface area contributed by atoms with E-state index in [0.717, 1.165) is 0 Å². The van der Waals surface area contributed by atoms with Gasteiger partial charge in [-0.2, -0.15) is 0 Å². The molecular weight excluding hydrogens is 330 g/mol. The Morgan fingerprint density at radius 2 is 1.91 bits per heavy atom. The Morgan fingerprint density at radius 1 is 1.18 bits per heavy atom. The van der Waals surface area contributed by atoms with Crippen LogP contribution in [0.4, 0.5) is 14.5 Å². The zero-order chi connectivity index (χ0) is 15.9. The fourth-order valence-electron chi connectivity index (χ4n) is 1.55. The maximum absolute atomic E-state index is 13.0. The number of hydrogen-bond acceptors (Lipinski definition) is 3. The van der Waals surface area contributed by atoms with Gasteiger partial charge < -0.3 is 10.5 Å². The molecule has 0 heterocycles. The summed E-state index contributed by atoms with van der Waals surface area (Å²) in [6, 6.07) is 9.89. The molecule has 0 amide bonds. The predicted octanol–water partition coefficient (Wildman–Crippen LogP) is 4.38. The van der Waals surface area contributed by atoms with E-state index in [9.17, 15) is 8.78 Å². The highest BCUT2D eigenvalue weighted by molar-refractivity contribution is 8.13. The molecule has 7 heteroatoms. The maximum Gasteiger partial charge on any atom is 0.159 e. The van der Waals surface area contributed by atoms with Gasteiger partial charge in [0.05, 0.1) is 17.3 Å². The van der Waals surface area contributed by atoms with Crippen molar-refractivity contribution in [2.24, 2.45) is 10.7 Å². The van der Waals surface area contributed by atoms with Gasteiger partial charge in [0.25, 0.3) is 0 Å². The second-order valence-electron chi connectivity index (χ2n) is 4.20. The molecular formula is C15H13ClF2N2OS. The molecule has 0 aliphatic rings. The Kier molecular flexibility index (Phi) is 6.03. The van der Waals surface area contributed by atoms with Crippen LogP contribution in [0.25, 0.3) is 0 Å². The molecule has 0 saturated carbocycles. The van der Waals surface area contributed by atoms with Gasteiger partial charge in [-0.25, -0.2) is 13.8 Å². The molecule has 2 N–H and O–H groups in total. The van der Waals surface area contributed by atoms with E-state index in [1.165, 1.54) is 42.1 Å². The van der Waals surface area contributed by atoms with Crippen molar-refractivity contribution >= 4 is 34.2 Å². The van der Waals surface area contributed by atoms with E-state index in [1.54, 1.807) is 12.1 Å². The summed E-state index contributed by atoms with van der Waals surface area (Å²) in [5.74, 6) is 0.347. The van der Waals surface area contributed by atoms with Gasteiger partial charge in [-0.15, -0.1) is 0 Å². The molecule has 2 rings (SSSR count). The Labute approximate surface area is 136 Å². The summed E-state index contributed by atoms with van der Waals surface area (Å²) >= 11 is 6.96. The lowest BCUT2D eigenvalue weighted by Crippen LogP contribution is -2.10. The van der Waals surface area contributed by atoms with Crippen LogP contribution in [0.2, 0.25) is 5.02 Å². The van der Waals surface area contributed by atoms with E-state index in [4.69, 9.17) is 22.1 Å². The quantitative estimate of drug-likeness (QED) is 0.498. The summed E-state index contributed by atoms with van der Waals surface area (Å²) in [5, 5.41) is 0.323. The molecule has 2 aromatic rings. The van der Waals surface area contributed by atoms with Crippen molar-refractivity contribution in [2.75, 3.05) is 12.4 Å². The standard InChI is InChI=1S/C15H13ClF2N2OS/c16-13-9-11(3-6-14(13)18)20-15(19)22-8-7-21-12-4-1-10(17)2-5-12/h1-6,9H,7-8H2,(H2,19,20). The second-order valence-corrected chi connectivity index (χ2v) is 5.72. The number of benzene rings is 2. The van der Waals surface area contributed by atoms with Crippen LogP contribution in [0.3, 0.4) is 0 Å². The summed E-state index contributed by atoms with van der Waals surface area (Å²) in [7, 11) is 0. The van der Waals surface area contributed by atoms with E-state index >= 15 is 0 Å². The monoisotopic (exact) mass is 342 g/mol. The van der Waals surface area contributed by atoms with Crippen LogP contribution in [0, 0.1) is 11.6 Å². The molecule has 3 nitrogen and oxygen atoms in total. The SMILES string of the molecule is NC(=Nc1ccc(F)c(Cl)c1)SCCOc1ccc(F)cc1. The van der Waals surface area contributed by atoms with Gasteiger partial charge in [-0.3, -0.25) is 0 Å². The lowest BCUT2D eigenvalue weighted by molar-refractivity contribution is 0.343. The van der Waals surface area contributed by atoms with E-state index in [-0.39, 0.29) is 10.8 Å². The third-order valence-corrected chi connectivity index (χ3v) is 3.61. The molecule has 22 heavy (non-hydrogen) atoms. The molecule has 2 aromatic carbocycles. The summed E-state index contributed by atoms with van der Waals surface area (Å²) in [4.78, 5) is 4.12. The van der Waals surface area contributed by atoms with Gasteiger partial charge in [0.15, 0.2) is 5.17 Å². The molecule has 0 radical (unpaired) electrons. The normalized spacial score (nSPS) is 11.5. The van der Waals surface area contributed by atoms with Crippen LogP contribution in [-0.4, -0.2) is 17.5 Å². The summed E-state index contributed by atoms with van der Waals surface area (Å²) in [6.07, 6.45) is 0. The molecule has 0 bridgehead atoms. The lowest BCUT2D eigenvalue weighted by Gasteiger charge is -2.05. The number of thioether (sulfide) groups is 1. The van der Waals surface area contributed by atoms with Crippen molar-refractivity contribution in [3.8, 4) is 5.75 Å². The smallest absolute Gasteiger partial charge is 0.159 e. The molecule has 0 fully saturated rings. The van der Waals surface area contributed by atoms with Crippen molar-refractivity contribution in [1.82, 2.24) is 0 Å². The average Bonchev–Trinajstić information content (AvgIpc) is 2.49. The van der Waals surface area contributed by atoms with E-state index in [0.29, 0.717) is 29.0 Å². The third-order valence-electron chi connectivity index (χ3n) is 2.56. The molecule has 0 aliphatic heterocycles. The Bertz CT molecular complexity index is 665. The molecule has 0 spiro atoms. The van der Waals surface area contributed by atoms with E-state index < -0.39 is 5.82 Å². The highest BCUT2D eigenvalue weighted by Gasteiger charge is 2.02. The number of hydrogen-bond donors (Lipinski definition) is 1. The highest BCUT2D eigenvalue weighted by atomic mass is 35.5. The second kappa shape index (κ2) is 8.00. The summed E-state index contributed by atoms with van der Waals surface area (Å²) < 4.78 is 31.2. The van der Waals surface area contributed by atoms with Crippen molar-refractivity contribution < 1.29 is 13.5 Å². The van der Waals surface area contributed by atoms with Crippen molar-refractivity contribution in [2.45, 2.75) is 0 Å². The number of ether oxygens (including phenoxy) is 1. The number of amidine groups is 1. The summed E-state index contributed by atoms with van der Waals surface area (Å²) in [5.41, 5.74) is 6.25. The van der Waals surface area contributed by atoms with Crippen LogP contribution in [0.5, 0.6) is 5.75 Å². The minimum atomic E-state index is -0.500. The molecule has 0 atom stereocenters. The highest BCUT2D eigenvalue weighted by Crippen LogP contribution is 2.22. The van der Waals surface area contributed by atoms with Gasteiger partial charge >= 0.3 is 0 Å². The fourth-order valence-corrected chi connectivity index (χ4v) is 2.27. The van der Waals surface area contributed by atoms with Crippen molar-refractivity contribution in [1.29, 1.82) is 0 Å². The minimum absolute atomic E-state index is 0.00121. The first-order valence-corrected chi connectivity index (χ1v) is 7.71. The lowest BCUT2D eigenvalue weighted by atomic mass is 10.3. The Balaban J connectivity index is 1.79. The first-order chi connectivity index (χ1) is 10.5. The van der Waals surface area contributed by atoms with Crippen LogP contribution in [-0.2, 0) is 0 Å². The number of nitrogens with zero attached hydrogens (tertiary/aromatic N) is 1. The maximum atomic E-state index is 13.0. The van der Waals surface area contributed by atoms with E-state index in [2.05, 4.69) is 4.99 Å². The minimum Gasteiger partial charge on any atom is -0.493 e. The first kappa shape index (κ1) is 16.6. The number of halogens is 3. The van der Waals surface area contributed by atoms with Crippen molar-refractivity contribution in [3.05, 3.63) is 59.1 Å². The van der Waals surface area contributed by atoms with Gasteiger partial charge in [0, 0.05) is 5.75 Å². The molecule has 0 aromatic heterocycles. The topological polar surface area (TPSA) is 47.6 Å². The van der Waals surface area contributed by atoms with E-state index in [1.807, 2.05) is 0 Å². The Hall–Kier alpha value is -1.79. The zero-order valence-electron chi connectivity index (χ0n) is 11.4. The van der Waals surface area contributed by atoms with Crippen LogP contribution < -0.4 is 10.5 Å². The van der Waals surface area contributed by atoms with Gasteiger partial charge in [0.2, 0.25) is 0 Å².